The van der Waals surface area contributed by atoms with Crippen molar-refractivity contribution in [1.82, 2.24) is 19.8 Å². The van der Waals surface area contributed by atoms with Gasteiger partial charge in [0, 0.05) is 38.6 Å². The van der Waals surface area contributed by atoms with E-state index in [9.17, 15) is 4.79 Å². The van der Waals surface area contributed by atoms with E-state index in [0.29, 0.717) is 0 Å². The topological polar surface area (TPSA) is 59.4 Å². The molecule has 0 atom stereocenters. The Kier molecular flexibility index (Phi) is 6.22. The van der Waals surface area contributed by atoms with E-state index in [-0.39, 0.29) is 12.5 Å². The fourth-order valence-electron chi connectivity index (χ4n) is 3.56. The summed E-state index contributed by atoms with van der Waals surface area (Å²) in [5, 5.41) is 3.49. The fourth-order valence-corrected chi connectivity index (χ4v) is 3.56. The molecule has 1 aliphatic heterocycles. The lowest BCUT2D eigenvalue weighted by atomic mass is 10.1. The molecule has 1 N–H and O–H groups in total. The molecule has 1 aliphatic rings. The Hall–Kier alpha value is -3.12. The minimum Gasteiger partial charge on any atom is -0.484 e. The standard InChI is InChI=1S/C23H26N4O2/c28-23(26-12-3-4-13-26)17-29-21-9-7-19(8-10-21)15-25-16-20-5-1-2-6-22(20)27-14-11-24-18-27/h1-2,5-11,14,18,25H,3-4,12-13,15-17H2. The van der Waals surface area contributed by atoms with Crippen molar-refractivity contribution in [3.05, 3.63) is 78.4 Å². The number of benzene rings is 2. The van der Waals surface area contributed by atoms with Gasteiger partial charge in [0.1, 0.15) is 5.75 Å². The van der Waals surface area contributed by atoms with E-state index in [1.807, 2.05) is 58.4 Å². The van der Waals surface area contributed by atoms with Gasteiger partial charge in [-0.05, 0) is 42.2 Å². The molecular formula is C23H26N4O2. The monoisotopic (exact) mass is 390 g/mol. The van der Waals surface area contributed by atoms with E-state index in [1.165, 1.54) is 11.1 Å². The number of para-hydroxylation sites is 1. The number of likely N-dealkylation sites (tertiary alicyclic amines) is 1. The van der Waals surface area contributed by atoms with Crippen molar-refractivity contribution in [3.63, 3.8) is 0 Å². The van der Waals surface area contributed by atoms with E-state index >= 15 is 0 Å². The van der Waals surface area contributed by atoms with Gasteiger partial charge in [-0.15, -0.1) is 0 Å². The van der Waals surface area contributed by atoms with Gasteiger partial charge in [-0.1, -0.05) is 30.3 Å². The molecule has 1 saturated heterocycles. The smallest absolute Gasteiger partial charge is 0.260 e. The van der Waals surface area contributed by atoms with Gasteiger partial charge < -0.3 is 19.5 Å². The number of rotatable bonds is 8. The summed E-state index contributed by atoms with van der Waals surface area (Å²) in [6, 6.07) is 16.2. The molecule has 0 bridgehead atoms. The van der Waals surface area contributed by atoms with Crippen LogP contribution in [-0.4, -0.2) is 40.1 Å². The Morgan fingerprint density at radius 3 is 2.59 bits per heavy atom. The molecule has 6 nitrogen and oxygen atoms in total. The molecule has 0 radical (unpaired) electrons. The number of hydrogen-bond acceptors (Lipinski definition) is 4. The highest BCUT2D eigenvalue weighted by molar-refractivity contribution is 5.78. The first kappa shape index (κ1) is 19.2. The Morgan fingerprint density at radius 1 is 1.03 bits per heavy atom. The second kappa shape index (κ2) is 9.39. The summed E-state index contributed by atoms with van der Waals surface area (Å²) >= 11 is 0. The number of nitrogens with zero attached hydrogens (tertiary/aromatic N) is 3. The van der Waals surface area contributed by atoms with Crippen LogP contribution in [0.1, 0.15) is 24.0 Å². The van der Waals surface area contributed by atoms with E-state index in [4.69, 9.17) is 4.74 Å². The highest BCUT2D eigenvalue weighted by Crippen LogP contribution is 2.16. The number of imidazole rings is 1. The Balaban J connectivity index is 1.26. The molecule has 150 valence electrons. The summed E-state index contributed by atoms with van der Waals surface area (Å²) in [4.78, 5) is 18.1. The maximum atomic E-state index is 12.1. The van der Waals surface area contributed by atoms with Gasteiger partial charge in [-0.3, -0.25) is 4.79 Å². The van der Waals surface area contributed by atoms with Crippen molar-refractivity contribution in [1.29, 1.82) is 0 Å². The SMILES string of the molecule is O=C(COc1ccc(CNCc2ccccc2-n2ccnc2)cc1)N1CCCC1. The van der Waals surface area contributed by atoms with Crippen LogP contribution in [0.2, 0.25) is 0 Å². The van der Waals surface area contributed by atoms with Crippen molar-refractivity contribution in [2.45, 2.75) is 25.9 Å². The summed E-state index contributed by atoms with van der Waals surface area (Å²) < 4.78 is 7.67. The molecule has 0 aliphatic carbocycles. The second-order valence-electron chi connectivity index (χ2n) is 7.22. The highest BCUT2D eigenvalue weighted by Gasteiger charge is 2.18. The molecule has 1 fully saturated rings. The zero-order valence-electron chi connectivity index (χ0n) is 16.5. The van der Waals surface area contributed by atoms with Gasteiger partial charge in [0.25, 0.3) is 5.91 Å². The maximum Gasteiger partial charge on any atom is 0.260 e. The highest BCUT2D eigenvalue weighted by atomic mass is 16.5. The van der Waals surface area contributed by atoms with Crippen LogP contribution in [0.15, 0.2) is 67.3 Å². The van der Waals surface area contributed by atoms with Crippen molar-refractivity contribution in [2.75, 3.05) is 19.7 Å². The van der Waals surface area contributed by atoms with E-state index in [0.717, 1.165) is 50.5 Å². The number of carbonyl (C=O) groups is 1. The predicted octanol–water partition coefficient (Wildman–Crippen LogP) is 3.16. The summed E-state index contributed by atoms with van der Waals surface area (Å²) in [6.07, 6.45) is 7.74. The first-order valence-electron chi connectivity index (χ1n) is 10.1. The fraction of sp³-hybridized carbons (Fsp3) is 0.304. The minimum absolute atomic E-state index is 0.0739. The molecule has 0 spiro atoms. The average molecular weight is 390 g/mol. The molecule has 3 aromatic rings. The van der Waals surface area contributed by atoms with E-state index in [1.54, 1.807) is 6.20 Å². The predicted molar refractivity (Wildman–Crippen MR) is 112 cm³/mol. The van der Waals surface area contributed by atoms with Crippen LogP contribution in [0, 0.1) is 0 Å². The molecule has 0 saturated carbocycles. The first-order valence-corrected chi connectivity index (χ1v) is 10.1. The van der Waals surface area contributed by atoms with Gasteiger partial charge in [0.2, 0.25) is 0 Å². The normalized spacial score (nSPS) is 13.6. The van der Waals surface area contributed by atoms with Crippen LogP contribution in [0.4, 0.5) is 0 Å². The molecule has 0 unspecified atom stereocenters. The number of hydrogen-bond donors (Lipinski definition) is 1. The lowest BCUT2D eigenvalue weighted by Crippen LogP contribution is -2.32. The third-order valence-electron chi connectivity index (χ3n) is 5.16. The van der Waals surface area contributed by atoms with Crippen LogP contribution < -0.4 is 10.1 Å². The third-order valence-corrected chi connectivity index (χ3v) is 5.16. The number of carbonyl (C=O) groups excluding carboxylic acids is 1. The summed E-state index contributed by atoms with van der Waals surface area (Å²) in [6.45, 7) is 3.35. The lowest BCUT2D eigenvalue weighted by molar-refractivity contribution is -0.132. The number of nitrogens with one attached hydrogen (secondary N) is 1. The van der Waals surface area contributed by atoms with E-state index in [2.05, 4.69) is 22.4 Å². The molecule has 2 heterocycles. The van der Waals surface area contributed by atoms with Crippen LogP contribution in [0.25, 0.3) is 5.69 Å². The molecule has 1 amide bonds. The molecule has 6 heteroatoms. The van der Waals surface area contributed by atoms with E-state index < -0.39 is 0 Å². The Labute approximate surface area is 171 Å². The van der Waals surface area contributed by atoms with Crippen molar-refractivity contribution in [3.8, 4) is 11.4 Å². The molecular weight excluding hydrogens is 364 g/mol. The zero-order chi connectivity index (χ0) is 19.9. The zero-order valence-corrected chi connectivity index (χ0v) is 16.5. The third kappa shape index (κ3) is 5.03. The van der Waals surface area contributed by atoms with Crippen molar-refractivity contribution >= 4 is 5.91 Å². The molecule has 29 heavy (non-hydrogen) atoms. The molecule has 4 rings (SSSR count). The van der Waals surface area contributed by atoms with Gasteiger partial charge in [0.15, 0.2) is 6.61 Å². The Morgan fingerprint density at radius 2 is 1.83 bits per heavy atom. The minimum atomic E-state index is 0.0739. The van der Waals surface area contributed by atoms with Gasteiger partial charge in [-0.2, -0.15) is 0 Å². The van der Waals surface area contributed by atoms with Crippen molar-refractivity contribution < 1.29 is 9.53 Å². The summed E-state index contributed by atoms with van der Waals surface area (Å²) in [5.74, 6) is 0.802. The summed E-state index contributed by atoms with van der Waals surface area (Å²) in [7, 11) is 0. The average Bonchev–Trinajstić information content (AvgIpc) is 3.48. The van der Waals surface area contributed by atoms with Gasteiger partial charge in [0.05, 0.1) is 12.0 Å². The van der Waals surface area contributed by atoms with Crippen LogP contribution >= 0.6 is 0 Å². The maximum absolute atomic E-state index is 12.1. The largest absolute Gasteiger partial charge is 0.484 e. The lowest BCUT2D eigenvalue weighted by Gasteiger charge is -2.15. The first-order chi connectivity index (χ1) is 14.3. The van der Waals surface area contributed by atoms with Crippen LogP contribution in [0.3, 0.4) is 0 Å². The molecule has 2 aromatic carbocycles. The van der Waals surface area contributed by atoms with Crippen LogP contribution in [0.5, 0.6) is 5.75 Å². The van der Waals surface area contributed by atoms with Gasteiger partial charge in [-0.25, -0.2) is 4.98 Å². The second-order valence-corrected chi connectivity index (χ2v) is 7.22. The number of aromatic nitrogens is 2. The quantitative estimate of drug-likeness (QED) is 0.642. The Bertz CT molecular complexity index is 916. The molecule has 1 aromatic heterocycles. The summed E-state index contributed by atoms with van der Waals surface area (Å²) in [5.41, 5.74) is 3.51. The van der Waals surface area contributed by atoms with Crippen LogP contribution in [-0.2, 0) is 17.9 Å². The number of ether oxygens (including phenoxy) is 1. The number of amides is 1. The van der Waals surface area contributed by atoms with Gasteiger partial charge >= 0.3 is 0 Å². The van der Waals surface area contributed by atoms with Crippen molar-refractivity contribution in [2.24, 2.45) is 0 Å².